The van der Waals surface area contributed by atoms with Crippen LogP contribution in [0, 0.1) is 0 Å². The van der Waals surface area contributed by atoms with Crippen molar-refractivity contribution in [2.45, 2.75) is 38.5 Å². The van der Waals surface area contributed by atoms with Gasteiger partial charge in [0.25, 0.3) is 0 Å². The van der Waals surface area contributed by atoms with E-state index in [0.29, 0.717) is 31.9 Å². The fourth-order valence-electron chi connectivity index (χ4n) is 2.39. The summed E-state index contributed by atoms with van der Waals surface area (Å²) in [5.41, 5.74) is 0.788. The summed E-state index contributed by atoms with van der Waals surface area (Å²) in [5, 5.41) is 6.24. The van der Waals surface area contributed by atoms with Crippen LogP contribution >= 0.6 is 0 Å². The molecule has 0 heterocycles. The van der Waals surface area contributed by atoms with E-state index in [0.717, 1.165) is 5.56 Å². The van der Waals surface area contributed by atoms with E-state index < -0.39 is 19.7 Å². The lowest BCUT2D eigenvalue weighted by atomic mass is 10.2. The molecule has 0 fully saturated rings. The van der Waals surface area contributed by atoms with Crippen LogP contribution in [0.5, 0.6) is 0 Å². The van der Waals surface area contributed by atoms with E-state index in [-0.39, 0.29) is 23.3 Å². The summed E-state index contributed by atoms with van der Waals surface area (Å²) < 4.78 is 46.9. The number of sulfone groups is 2. The van der Waals surface area contributed by atoms with Crippen LogP contribution in [0.3, 0.4) is 0 Å². The Labute approximate surface area is 163 Å². The van der Waals surface area contributed by atoms with Crippen LogP contribution in [0.2, 0.25) is 0 Å². The van der Waals surface area contributed by atoms with Gasteiger partial charge in [0.2, 0.25) is 0 Å². The average Bonchev–Trinajstić information content (AvgIpc) is 2.57. The van der Waals surface area contributed by atoms with Crippen molar-refractivity contribution in [2.75, 3.05) is 30.9 Å². The molecule has 27 heavy (non-hydrogen) atoms. The molecule has 0 saturated carbocycles. The van der Waals surface area contributed by atoms with Crippen molar-refractivity contribution in [3.8, 4) is 0 Å². The zero-order valence-electron chi connectivity index (χ0n) is 16.3. The Morgan fingerprint density at radius 1 is 1.11 bits per heavy atom. The second-order valence-corrected chi connectivity index (χ2v) is 11.1. The predicted octanol–water partition coefficient (Wildman–Crippen LogP) is 1.37. The summed E-state index contributed by atoms with van der Waals surface area (Å²) >= 11 is 0. The Bertz CT molecular complexity index is 791. The zero-order chi connectivity index (χ0) is 20.3. The first kappa shape index (κ1) is 23.4. The number of guanidine groups is 1. The highest BCUT2D eigenvalue weighted by atomic mass is 32.2. The quantitative estimate of drug-likeness (QED) is 0.320. The molecule has 0 aliphatic heterocycles. The third-order valence-corrected chi connectivity index (χ3v) is 6.42. The molecule has 1 rings (SSSR count). The van der Waals surface area contributed by atoms with Crippen molar-refractivity contribution >= 4 is 25.6 Å². The second-order valence-electron chi connectivity index (χ2n) is 6.66. The SMILES string of the molecule is CCNC(=NCCCS(=O)(=O)Cc1ccccc1)NC(C)CCS(C)(=O)=O. The second kappa shape index (κ2) is 11.3. The van der Waals surface area contributed by atoms with Gasteiger partial charge in [-0.05, 0) is 32.3 Å². The number of hydrogen-bond donors (Lipinski definition) is 2. The molecule has 0 amide bonds. The molecule has 0 spiro atoms. The number of nitrogens with zero attached hydrogens (tertiary/aromatic N) is 1. The Kier molecular flexibility index (Phi) is 9.79. The average molecular weight is 418 g/mol. The summed E-state index contributed by atoms with van der Waals surface area (Å²) in [6.07, 6.45) is 2.13. The zero-order valence-corrected chi connectivity index (χ0v) is 17.9. The molecular weight excluding hydrogens is 386 g/mol. The first-order valence-electron chi connectivity index (χ1n) is 9.08. The normalized spacial score (nSPS) is 14.0. The van der Waals surface area contributed by atoms with E-state index in [1.54, 1.807) is 12.1 Å². The van der Waals surface area contributed by atoms with Gasteiger partial charge in [-0.25, -0.2) is 16.8 Å². The molecule has 0 bridgehead atoms. The molecule has 1 atom stereocenters. The minimum Gasteiger partial charge on any atom is -0.357 e. The van der Waals surface area contributed by atoms with Gasteiger partial charge >= 0.3 is 0 Å². The molecule has 1 aromatic carbocycles. The van der Waals surface area contributed by atoms with Crippen molar-refractivity contribution in [3.05, 3.63) is 35.9 Å². The summed E-state index contributed by atoms with van der Waals surface area (Å²) in [7, 11) is -6.17. The fraction of sp³-hybridized carbons (Fsp3) is 0.611. The molecule has 7 nitrogen and oxygen atoms in total. The molecule has 1 unspecified atom stereocenters. The van der Waals surface area contributed by atoms with Crippen LogP contribution in [0.1, 0.15) is 32.3 Å². The van der Waals surface area contributed by atoms with Crippen LogP contribution in [0.15, 0.2) is 35.3 Å². The Hall–Kier alpha value is -1.61. The van der Waals surface area contributed by atoms with Gasteiger partial charge in [-0.3, -0.25) is 4.99 Å². The maximum Gasteiger partial charge on any atom is 0.191 e. The summed E-state index contributed by atoms with van der Waals surface area (Å²) in [6, 6.07) is 9.07. The van der Waals surface area contributed by atoms with Crippen molar-refractivity contribution < 1.29 is 16.8 Å². The summed E-state index contributed by atoms with van der Waals surface area (Å²) in [5.74, 6) is 0.796. The molecule has 0 aliphatic rings. The Morgan fingerprint density at radius 3 is 2.37 bits per heavy atom. The maximum absolute atomic E-state index is 12.2. The van der Waals surface area contributed by atoms with Gasteiger partial charge in [-0.15, -0.1) is 0 Å². The van der Waals surface area contributed by atoms with Gasteiger partial charge in [0.05, 0.1) is 17.3 Å². The number of nitrogens with one attached hydrogen (secondary N) is 2. The Balaban J connectivity index is 2.48. The van der Waals surface area contributed by atoms with Crippen molar-refractivity contribution in [2.24, 2.45) is 4.99 Å². The topological polar surface area (TPSA) is 105 Å². The number of rotatable bonds is 11. The predicted molar refractivity (Wildman–Crippen MR) is 111 cm³/mol. The van der Waals surface area contributed by atoms with Crippen LogP contribution in [-0.2, 0) is 25.4 Å². The smallest absolute Gasteiger partial charge is 0.191 e. The molecule has 0 saturated heterocycles. The maximum atomic E-state index is 12.2. The minimum absolute atomic E-state index is 0.0401. The van der Waals surface area contributed by atoms with Gasteiger partial charge in [0.15, 0.2) is 15.8 Å². The minimum atomic E-state index is -3.17. The molecule has 154 valence electrons. The standard InChI is InChI=1S/C18H31N3O4S2/c1-4-19-18(21-16(2)11-14-26(3,22)23)20-12-8-13-27(24,25)15-17-9-6-5-7-10-17/h5-7,9-10,16H,4,8,11-15H2,1-3H3,(H2,19,20,21). The van der Waals surface area contributed by atoms with E-state index >= 15 is 0 Å². The third kappa shape index (κ3) is 11.7. The highest BCUT2D eigenvalue weighted by Gasteiger charge is 2.12. The lowest BCUT2D eigenvalue weighted by Crippen LogP contribution is -2.43. The fourth-order valence-corrected chi connectivity index (χ4v) is 4.59. The lowest BCUT2D eigenvalue weighted by molar-refractivity contribution is 0.581. The van der Waals surface area contributed by atoms with E-state index in [9.17, 15) is 16.8 Å². The largest absolute Gasteiger partial charge is 0.357 e. The van der Waals surface area contributed by atoms with Gasteiger partial charge in [-0.1, -0.05) is 30.3 Å². The summed E-state index contributed by atoms with van der Waals surface area (Å²) in [4.78, 5) is 4.39. The number of benzene rings is 1. The molecule has 2 N–H and O–H groups in total. The third-order valence-electron chi connectivity index (χ3n) is 3.76. The van der Waals surface area contributed by atoms with Crippen LogP contribution in [-0.4, -0.2) is 59.7 Å². The van der Waals surface area contributed by atoms with E-state index in [1.165, 1.54) is 6.26 Å². The van der Waals surface area contributed by atoms with Gasteiger partial charge in [0.1, 0.15) is 9.84 Å². The van der Waals surface area contributed by atoms with E-state index in [2.05, 4.69) is 15.6 Å². The van der Waals surface area contributed by atoms with Gasteiger partial charge in [0, 0.05) is 25.4 Å². The molecule has 1 aromatic rings. The summed E-state index contributed by atoms with van der Waals surface area (Å²) in [6.45, 7) is 4.87. The highest BCUT2D eigenvalue weighted by molar-refractivity contribution is 7.90. The van der Waals surface area contributed by atoms with Crippen molar-refractivity contribution in [1.29, 1.82) is 0 Å². The number of aliphatic imine (C=N–C) groups is 1. The van der Waals surface area contributed by atoms with Crippen molar-refractivity contribution in [1.82, 2.24) is 10.6 Å². The highest BCUT2D eigenvalue weighted by Crippen LogP contribution is 2.07. The van der Waals surface area contributed by atoms with Gasteiger partial charge in [-0.2, -0.15) is 0 Å². The number of hydrogen-bond acceptors (Lipinski definition) is 5. The monoisotopic (exact) mass is 417 g/mol. The van der Waals surface area contributed by atoms with E-state index in [1.807, 2.05) is 32.0 Å². The van der Waals surface area contributed by atoms with E-state index in [4.69, 9.17) is 0 Å². The molecule has 0 aromatic heterocycles. The molecule has 9 heteroatoms. The van der Waals surface area contributed by atoms with Crippen LogP contribution in [0.4, 0.5) is 0 Å². The first-order valence-corrected chi connectivity index (χ1v) is 13.0. The Morgan fingerprint density at radius 2 is 1.78 bits per heavy atom. The molecule has 0 aliphatic carbocycles. The van der Waals surface area contributed by atoms with Crippen LogP contribution < -0.4 is 10.6 Å². The molecular formula is C18H31N3O4S2. The first-order chi connectivity index (χ1) is 12.6. The van der Waals surface area contributed by atoms with Gasteiger partial charge < -0.3 is 10.6 Å². The lowest BCUT2D eigenvalue weighted by Gasteiger charge is -2.17. The molecule has 0 radical (unpaired) electrons. The van der Waals surface area contributed by atoms with Crippen molar-refractivity contribution in [3.63, 3.8) is 0 Å². The van der Waals surface area contributed by atoms with Crippen LogP contribution in [0.25, 0.3) is 0 Å².